The fourth-order valence-electron chi connectivity index (χ4n) is 4.55. The molecule has 5 rings (SSSR count). The summed E-state index contributed by atoms with van der Waals surface area (Å²) in [7, 11) is -3.56. The fraction of sp³-hybridized carbons (Fsp3) is 0.400. The minimum atomic E-state index is -3.56. The SMILES string of the molecule is O=C1NCCN1CCNc1ncc(-c2cccc(CO)c2)c(-c2ccc(S(=O)(=O)N3CCCCC3)s2)n1. The Labute approximate surface area is 220 Å². The molecule has 12 heteroatoms. The number of amides is 2. The first-order valence-corrected chi connectivity index (χ1v) is 14.7. The van der Waals surface area contributed by atoms with Gasteiger partial charge >= 0.3 is 6.03 Å². The standard InChI is InChI=1S/C25H30N6O4S2/c32-17-18-5-4-6-19(15-18)20-16-28-24(26-9-13-30-14-10-27-25(30)33)29-23(20)21-7-8-22(36-21)37(34,35)31-11-2-1-3-12-31/h4-8,15-16,32H,1-3,9-14,17H2,(H,27,33)(H,26,28,29). The highest BCUT2D eigenvalue weighted by atomic mass is 32.2. The normalized spacial score (nSPS) is 16.7. The van der Waals surface area contributed by atoms with E-state index in [4.69, 9.17) is 4.98 Å². The van der Waals surface area contributed by atoms with Crippen molar-refractivity contribution in [2.24, 2.45) is 0 Å². The number of thiophene rings is 1. The Kier molecular flexibility index (Phi) is 7.70. The van der Waals surface area contributed by atoms with Crippen molar-refractivity contribution in [3.8, 4) is 21.7 Å². The molecule has 3 aromatic rings. The van der Waals surface area contributed by atoms with Crippen molar-refractivity contribution in [3.05, 3.63) is 48.2 Å². The number of piperidine rings is 1. The Morgan fingerprint density at radius 3 is 2.70 bits per heavy atom. The van der Waals surface area contributed by atoms with Crippen LogP contribution in [-0.4, -0.2) is 78.0 Å². The molecule has 2 aliphatic heterocycles. The number of urea groups is 1. The highest BCUT2D eigenvalue weighted by molar-refractivity contribution is 7.91. The first kappa shape index (κ1) is 25.6. The minimum Gasteiger partial charge on any atom is -0.392 e. The number of carbonyl (C=O) groups is 1. The fourth-order valence-corrected chi connectivity index (χ4v) is 7.53. The van der Waals surface area contributed by atoms with Crippen LogP contribution in [0.25, 0.3) is 21.7 Å². The zero-order valence-corrected chi connectivity index (χ0v) is 22.0. The Morgan fingerprint density at radius 1 is 1.11 bits per heavy atom. The van der Waals surface area contributed by atoms with E-state index < -0.39 is 10.0 Å². The molecule has 4 heterocycles. The lowest BCUT2D eigenvalue weighted by Crippen LogP contribution is -2.35. The molecule has 2 amide bonds. The molecule has 0 radical (unpaired) electrons. The molecule has 10 nitrogen and oxygen atoms in total. The van der Waals surface area contributed by atoms with E-state index in [0.717, 1.165) is 36.0 Å². The van der Waals surface area contributed by atoms with Gasteiger partial charge in [0.05, 0.1) is 17.2 Å². The van der Waals surface area contributed by atoms with Crippen LogP contribution in [0.4, 0.5) is 10.7 Å². The zero-order chi connectivity index (χ0) is 25.8. The van der Waals surface area contributed by atoms with E-state index >= 15 is 0 Å². The van der Waals surface area contributed by atoms with Gasteiger partial charge in [-0.1, -0.05) is 24.6 Å². The van der Waals surface area contributed by atoms with Gasteiger partial charge in [0.2, 0.25) is 5.95 Å². The first-order chi connectivity index (χ1) is 18.0. The number of aliphatic hydroxyl groups excluding tert-OH is 1. The lowest BCUT2D eigenvalue weighted by molar-refractivity contribution is 0.219. The van der Waals surface area contributed by atoms with Gasteiger partial charge in [-0.05, 0) is 42.2 Å². The summed E-state index contributed by atoms with van der Waals surface area (Å²) in [6, 6.07) is 10.9. The van der Waals surface area contributed by atoms with Crippen molar-refractivity contribution < 1.29 is 18.3 Å². The highest BCUT2D eigenvalue weighted by Crippen LogP contribution is 2.37. The number of rotatable bonds is 9. The molecule has 2 saturated heterocycles. The molecule has 0 atom stereocenters. The summed E-state index contributed by atoms with van der Waals surface area (Å²) in [5.41, 5.74) is 2.94. The van der Waals surface area contributed by atoms with Crippen LogP contribution in [0.5, 0.6) is 0 Å². The van der Waals surface area contributed by atoms with Gasteiger partial charge in [0, 0.05) is 51.0 Å². The lowest BCUT2D eigenvalue weighted by Gasteiger charge is -2.25. The summed E-state index contributed by atoms with van der Waals surface area (Å²) in [4.78, 5) is 23.5. The number of sulfonamides is 1. The average molecular weight is 543 g/mol. The predicted molar refractivity (Wildman–Crippen MR) is 143 cm³/mol. The molecule has 196 valence electrons. The Morgan fingerprint density at radius 2 is 1.95 bits per heavy atom. The van der Waals surface area contributed by atoms with Crippen molar-refractivity contribution in [1.82, 2.24) is 24.5 Å². The number of hydrogen-bond donors (Lipinski definition) is 3. The molecule has 1 aromatic carbocycles. The van der Waals surface area contributed by atoms with Crippen LogP contribution in [0.3, 0.4) is 0 Å². The van der Waals surface area contributed by atoms with Crippen LogP contribution in [0.1, 0.15) is 24.8 Å². The summed E-state index contributed by atoms with van der Waals surface area (Å²) < 4.78 is 28.4. The van der Waals surface area contributed by atoms with E-state index in [2.05, 4.69) is 15.6 Å². The molecule has 0 aliphatic carbocycles. The van der Waals surface area contributed by atoms with Crippen LogP contribution in [-0.2, 0) is 16.6 Å². The van der Waals surface area contributed by atoms with Crippen LogP contribution < -0.4 is 10.6 Å². The summed E-state index contributed by atoms with van der Waals surface area (Å²) in [6.45, 7) is 3.30. The van der Waals surface area contributed by atoms with Crippen LogP contribution >= 0.6 is 11.3 Å². The third-order valence-electron chi connectivity index (χ3n) is 6.54. The average Bonchev–Trinajstić information content (AvgIpc) is 3.59. The summed E-state index contributed by atoms with van der Waals surface area (Å²) in [5.74, 6) is 0.394. The molecule has 2 aromatic heterocycles. The predicted octanol–water partition coefficient (Wildman–Crippen LogP) is 2.98. The molecule has 0 saturated carbocycles. The topological polar surface area (TPSA) is 128 Å². The van der Waals surface area contributed by atoms with Gasteiger partial charge in [-0.15, -0.1) is 11.3 Å². The van der Waals surface area contributed by atoms with Crippen LogP contribution in [0.15, 0.2) is 46.8 Å². The zero-order valence-electron chi connectivity index (χ0n) is 20.4. The molecule has 2 fully saturated rings. The molecule has 0 spiro atoms. The van der Waals surface area contributed by atoms with Crippen molar-refractivity contribution in [2.45, 2.75) is 30.1 Å². The van der Waals surface area contributed by atoms with Gasteiger partial charge in [-0.2, -0.15) is 4.31 Å². The lowest BCUT2D eigenvalue weighted by atomic mass is 10.0. The minimum absolute atomic E-state index is 0.0800. The highest BCUT2D eigenvalue weighted by Gasteiger charge is 2.28. The second-order valence-corrected chi connectivity index (χ2v) is 12.3. The maximum atomic E-state index is 13.3. The van der Waals surface area contributed by atoms with E-state index in [0.29, 0.717) is 60.0 Å². The molecular formula is C25H30N6O4S2. The van der Waals surface area contributed by atoms with Gasteiger partial charge in [0.25, 0.3) is 10.0 Å². The Balaban J connectivity index is 1.46. The number of aromatic nitrogens is 2. The number of carbonyl (C=O) groups excluding carboxylic acids is 1. The van der Waals surface area contributed by atoms with Gasteiger partial charge in [-0.25, -0.2) is 23.2 Å². The number of nitrogens with one attached hydrogen (secondary N) is 2. The second-order valence-electron chi connectivity index (χ2n) is 9.04. The van der Waals surface area contributed by atoms with E-state index in [1.54, 1.807) is 27.5 Å². The van der Waals surface area contributed by atoms with Crippen molar-refractivity contribution in [2.75, 3.05) is 44.6 Å². The van der Waals surface area contributed by atoms with Crippen molar-refractivity contribution >= 4 is 33.3 Å². The third kappa shape index (κ3) is 5.61. The number of nitrogens with zero attached hydrogens (tertiary/aromatic N) is 4. The van der Waals surface area contributed by atoms with Crippen molar-refractivity contribution in [3.63, 3.8) is 0 Å². The molecule has 0 bridgehead atoms. The number of anilines is 1. The largest absolute Gasteiger partial charge is 0.392 e. The number of hydrogen-bond acceptors (Lipinski definition) is 8. The summed E-state index contributed by atoms with van der Waals surface area (Å²) in [5, 5.41) is 15.6. The van der Waals surface area contributed by atoms with E-state index in [1.165, 1.54) is 11.3 Å². The third-order valence-corrected chi connectivity index (χ3v) is 10.0. The smallest absolute Gasteiger partial charge is 0.317 e. The summed E-state index contributed by atoms with van der Waals surface area (Å²) >= 11 is 1.20. The van der Waals surface area contributed by atoms with E-state index in [1.807, 2.05) is 24.3 Å². The van der Waals surface area contributed by atoms with Crippen LogP contribution in [0.2, 0.25) is 0 Å². The Bertz CT molecular complexity index is 1370. The number of aliphatic hydroxyl groups is 1. The quantitative estimate of drug-likeness (QED) is 0.379. The first-order valence-electron chi connectivity index (χ1n) is 12.4. The molecule has 37 heavy (non-hydrogen) atoms. The molecular weight excluding hydrogens is 512 g/mol. The number of benzene rings is 1. The monoisotopic (exact) mass is 542 g/mol. The second kappa shape index (κ2) is 11.1. The Hall–Kier alpha value is -3.06. The van der Waals surface area contributed by atoms with Gasteiger partial charge in [-0.3, -0.25) is 0 Å². The maximum Gasteiger partial charge on any atom is 0.317 e. The van der Waals surface area contributed by atoms with E-state index in [-0.39, 0.29) is 12.6 Å². The van der Waals surface area contributed by atoms with Gasteiger partial charge in [0.1, 0.15) is 4.21 Å². The van der Waals surface area contributed by atoms with Gasteiger partial charge in [0.15, 0.2) is 0 Å². The van der Waals surface area contributed by atoms with Crippen LogP contribution in [0, 0.1) is 0 Å². The van der Waals surface area contributed by atoms with Crippen molar-refractivity contribution in [1.29, 1.82) is 0 Å². The van der Waals surface area contributed by atoms with E-state index in [9.17, 15) is 18.3 Å². The molecule has 2 aliphatic rings. The molecule has 3 N–H and O–H groups in total. The summed E-state index contributed by atoms with van der Waals surface area (Å²) in [6.07, 6.45) is 4.52. The molecule has 0 unspecified atom stereocenters. The maximum absolute atomic E-state index is 13.3. The van der Waals surface area contributed by atoms with Gasteiger partial charge < -0.3 is 20.6 Å².